The van der Waals surface area contributed by atoms with Crippen LogP contribution in [0.25, 0.3) is 10.9 Å². The van der Waals surface area contributed by atoms with Gasteiger partial charge in [0.25, 0.3) is 0 Å². The minimum Gasteiger partial charge on any atom is -0.618 e. The summed E-state index contributed by atoms with van der Waals surface area (Å²) in [6.07, 6.45) is 1.58. The average Bonchev–Trinajstić information content (AvgIpc) is 2.50. The number of aromatic nitrogens is 1. The van der Waals surface area contributed by atoms with Gasteiger partial charge in [0, 0.05) is 6.07 Å². The molecule has 1 aromatic heterocycles. The average molecular weight is 340 g/mol. The molecule has 0 spiro atoms. The van der Waals surface area contributed by atoms with Crippen molar-refractivity contribution in [2.45, 2.75) is 65.1 Å². The standard InChI is InChI=1S/C21H29NOSi/c1-15(2)24(16(3)4,17(5)6)14-12-19-9-8-10-20-18(7)11-13-22(23)21(19)20/h8-11,13,15-17H,1-7H3. The van der Waals surface area contributed by atoms with Gasteiger partial charge in [0.1, 0.15) is 8.07 Å². The van der Waals surface area contributed by atoms with Crippen molar-refractivity contribution >= 4 is 19.0 Å². The number of fused-ring (bicyclic) bond motifs is 1. The predicted octanol–water partition coefficient (Wildman–Crippen LogP) is 5.35. The van der Waals surface area contributed by atoms with Crippen LogP contribution in [0.2, 0.25) is 16.6 Å². The van der Waals surface area contributed by atoms with E-state index in [0.29, 0.717) is 22.1 Å². The van der Waals surface area contributed by atoms with Crippen LogP contribution in [0.1, 0.15) is 52.7 Å². The van der Waals surface area contributed by atoms with Crippen LogP contribution >= 0.6 is 0 Å². The third kappa shape index (κ3) is 3.08. The third-order valence-electron chi connectivity index (χ3n) is 5.42. The van der Waals surface area contributed by atoms with Crippen molar-refractivity contribution in [3.8, 4) is 11.5 Å². The highest BCUT2D eigenvalue weighted by atomic mass is 28.3. The molecule has 0 fully saturated rings. The molecule has 2 nitrogen and oxygen atoms in total. The second kappa shape index (κ2) is 6.99. The van der Waals surface area contributed by atoms with Gasteiger partial charge in [0.2, 0.25) is 5.52 Å². The SMILES string of the molecule is Cc1cc[n+]([O-])c2c(C#C[Si](C(C)C)(C(C)C)C(C)C)cccc12. The Morgan fingerprint density at radius 3 is 2.08 bits per heavy atom. The molecule has 0 aliphatic rings. The molecule has 0 saturated heterocycles. The summed E-state index contributed by atoms with van der Waals surface area (Å²) in [6.45, 7) is 15.9. The summed E-state index contributed by atoms with van der Waals surface area (Å²) < 4.78 is 0.954. The Morgan fingerprint density at radius 1 is 0.958 bits per heavy atom. The predicted molar refractivity (Wildman–Crippen MR) is 106 cm³/mol. The van der Waals surface area contributed by atoms with Crippen molar-refractivity contribution in [1.29, 1.82) is 0 Å². The molecule has 24 heavy (non-hydrogen) atoms. The van der Waals surface area contributed by atoms with Gasteiger partial charge in [-0.15, -0.1) is 5.54 Å². The Morgan fingerprint density at radius 2 is 1.54 bits per heavy atom. The minimum absolute atomic E-state index is 0.584. The fourth-order valence-corrected chi connectivity index (χ4v) is 9.37. The zero-order valence-corrected chi connectivity index (χ0v) is 17.0. The van der Waals surface area contributed by atoms with E-state index in [1.54, 1.807) is 6.20 Å². The summed E-state index contributed by atoms with van der Waals surface area (Å²) in [5.41, 5.74) is 8.14. The maximum atomic E-state index is 12.3. The van der Waals surface area contributed by atoms with E-state index in [0.717, 1.165) is 21.2 Å². The van der Waals surface area contributed by atoms with Gasteiger partial charge in [0.05, 0.1) is 10.9 Å². The fourth-order valence-electron chi connectivity index (χ4n) is 4.15. The number of hydrogen-bond donors (Lipinski definition) is 0. The van der Waals surface area contributed by atoms with Crippen LogP contribution in [0.3, 0.4) is 0 Å². The molecule has 0 aliphatic heterocycles. The van der Waals surface area contributed by atoms with Gasteiger partial charge in [-0.1, -0.05) is 53.5 Å². The number of benzene rings is 1. The van der Waals surface area contributed by atoms with E-state index < -0.39 is 8.07 Å². The first kappa shape index (κ1) is 18.5. The summed E-state index contributed by atoms with van der Waals surface area (Å²) in [6, 6.07) is 7.84. The van der Waals surface area contributed by atoms with Gasteiger partial charge >= 0.3 is 0 Å². The van der Waals surface area contributed by atoms with E-state index in [-0.39, 0.29) is 0 Å². The highest BCUT2D eigenvalue weighted by Crippen LogP contribution is 2.40. The van der Waals surface area contributed by atoms with E-state index in [2.05, 4.69) is 53.0 Å². The Kier molecular flexibility index (Phi) is 5.40. The van der Waals surface area contributed by atoms with E-state index in [1.807, 2.05) is 31.2 Å². The molecule has 0 radical (unpaired) electrons. The van der Waals surface area contributed by atoms with Crippen LogP contribution in [0.4, 0.5) is 0 Å². The lowest BCUT2D eigenvalue weighted by Crippen LogP contribution is -2.43. The van der Waals surface area contributed by atoms with Gasteiger partial charge in [-0.2, -0.15) is 4.73 Å². The van der Waals surface area contributed by atoms with Crippen molar-refractivity contribution in [3.05, 3.63) is 46.8 Å². The van der Waals surface area contributed by atoms with Gasteiger partial charge in [0.15, 0.2) is 6.20 Å². The number of aryl methyl sites for hydroxylation is 1. The maximum absolute atomic E-state index is 12.3. The third-order valence-corrected chi connectivity index (χ3v) is 11.7. The Bertz CT molecular complexity index is 775. The number of rotatable bonds is 3. The topological polar surface area (TPSA) is 26.9 Å². The van der Waals surface area contributed by atoms with Gasteiger partial charge < -0.3 is 5.21 Å². The van der Waals surface area contributed by atoms with Crippen LogP contribution in [-0.2, 0) is 0 Å². The van der Waals surface area contributed by atoms with Crippen LogP contribution in [0, 0.1) is 23.6 Å². The summed E-state index contributed by atoms with van der Waals surface area (Å²) in [7, 11) is -1.80. The van der Waals surface area contributed by atoms with Gasteiger partial charge in [-0.05, 0) is 41.2 Å². The first-order valence-corrected chi connectivity index (χ1v) is 11.1. The van der Waals surface area contributed by atoms with Crippen molar-refractivity contribution in [2.24, 2.45) is 0 Å². The highest BCUT2D eigenvalue weighted by Gasteiger charge is 2.41. The van der Waals surface area contributed by atoms with Crippen LogP contribution in [0.15, 0.2) is 30.5 Å². The molecule has 0 aliphatic carbocycles. The monoisotopic (exact) mass is 339 g/mol. The lowest BCUT2D eigenvalue weighted by Gasteiger charge is -2.38. The van der Waals surface area contributed by atoms with Crippen molar-refractivity contribution in [3.63, 3.8) is 0 Å². The second-order valence-corrected chi connectivity index (χ2v) is 13.3. The molecule has 2 aromatic rings. The molecule has 0 N–H and O–H groups in total. The minimum atomic E-state index is -1.80. The van der Waals surface area contributed by atoms with Crippen molar-refractivity contribution in [2.75, 3.05) is 0 Å². The molecule has 1 heterocycles. The first-order valence-electron chi connectivity index (χ1n) is 8.86. The number of hydrogen-bond acceptors (Lipinski definition) is 1. The van der Waals surface area contributed by atoms with E-state index in [9.17, 15) is 5.21 Å². The number of para-hydroxylation sites is 1. The molecule has 1 aromatic carbocycles. The molecule has 3 heteroatoms. The number of pyridine rings is 1. The Balaban J connectivity index is 2.70. The zero-order chi connectivity index (χ0) is 18.1. The molecule has 0 atom stereocenters. The summed E-state index contributed by atoms with van der Waals surface area (Å²) in [5.74, 6) is 3.43. The molecule has 0 saturated carbocycles. The Labute approximate surface area is 147 Å². The smallest absolute Gasteiger partial charge is 0.239 e. The molecule has 128 valence electrons. The summed E-state index contributed by atoms with van der Waals surface area (Å²) in [4.78, 5) is 0. The van der Waals surface area contributed by atoms with Crippen LogP contribution in [0.5, 0.6) is 0 Å². The fraction of sp³-hybridized carbons (Fsp3) is 0.476. The quantitative estimate of drug-likeness (QED) is 0.320. The lowest BCUT2D eigenvalue weighted by molar-refractivity contribution is -0.577. The first-order chi connectivity index (χ1) is 11.2. The second-order valence-electron chi connectivity index (χ2n) is 7.67. The molecule has 0 bridgehead atoms. The maximum Gasteiger partial charge on any atom is 0.239 e. The number of nitrogens with zero attached hydrogens (tertiary/aromatic N) is 1. The Hall–Kier alpha value is -1.79. The van der Waals surface area contributed by atoms with Gasteiger partial charge in [-0.25, -0.2) is 0 Å². The highest BCUT2D eigenvalue weighted by molar-refractivity contribution is 6.90. The largest absolute Gasteiger partial charge is 0.618 e. The zero-order valence-electron chi connectivity index (χ0n) is 16.0. The molecular formula is C21H29NOSi. The van der Waals surface area contributed by atoms with Crippen LogP contribution < -0.4 is 4.73 Å². The van der Waals surface area contributed by atoms with E-state index in [4.69, 9.17) is 0 Å². The lowest BCUT2D eigenvalue weighted by atomic mass is 10.1. The summed E-state index contributed by atoms with van der Waals surface area (Å²) >= 11 is 0. The molecular weight excluding hydrogens is 310 g/mol. The van der Waals surface area contributed by atoms with Crippen molar-refractivity contribution in [1.82, 2.24) is 0 Å². The van der Waals surface area contributed by atoms with Gasteiger partial charge in [-0.3, -0.25) is 0 Å². The van der Waals surface area contributed by atoms with Crippen LogP contribution in [-0.4, -0.2) is 8.07 Å². The molecule has 2 rings (SSSR count). The molecule has 0 unspecified atom stereocenters. The van der Waals surface area contributed by atoms with E-state index >= 15 is 0 Å². The molecule has 0 amide bonds. The normalized spacial score (nSPS) is 12.1. The van der Waals surface area contributed by atoms with E-state index in [1.165, 1.54) is 0 Å². The van der Waals surface area contributed by atoms with Crippen molar-refractivity contribution < 1.29 is 4.73 Å². The summed E-state index contributed by atoms with van der Waals surface area (Å²) in [5, 5.41) is 13.3.